The Balaban J connectivity index is 0.00000320. The van der Waals surface area contributed by atoms with Crippen LogP contribution in [0, 0.1) is 5.41 Å². The van der Waals surface area contributed by atoms with E-state index in [0.717, 1.165) is 56.9 Å². The smallest absolute Gasteiger partial charge is 0.230 e. The highest BCUT2D eigenvalue weighted by atomic mass is 127. The maximum atomic E-state index is 12.8. The number of carbonyl (C=O) groups excluding carboxylic acids is 1. The van der Waals surface area contributed by atoms with E-state index in [-0.39, 0.29) is 35.3 Å². The molecule has 0 radical (unpaired) electrons. The van der Waals surface area contributed by atoms with Crippen molar-refractivity contribution >= 4 is 41.4 Å². The van der Waals surface area contributed by atoms with Gasteiger partial charge in [0.05, 0.1) is 12.5 Å². The fourth-order valence-corrected chi connectivity index (χ4v) is 4.52. The van der Waals surface area contributed by atoms with Crippen LogP contribution in [0.4, 0.5) is 0 Å². The number of methoxy groups -OCH3 is 1. The number of benzene rings is 1. The van der Waals surface area contributed by atoms with Crippen molar-refractivity contribution in [3.05, 3.63) is 35.9 Å². The van der Waals surface area contributed by atoms with Crippen molar-refractivity contribution in [3.63, 3.8) is 0 Å². The highest BCUT2D eigenvalue weighted by Gasteiger charge is 2.42. The van der Waals surface area contributed by atoms with Crippen molar-refractivity contribution in [1.82, 2.24) is 15.1 Å². The molecule has 0 atom stereocenters. The summed E-state index contributed by atoms with van der Waals surface area (Å²) in [6, 6.07) is 8.22. The highest BCUT2D eigenvalue weighted by molar-refractivity contribution is 14.0. The van der Waals surface area contributed by atoms with Crippen molar-refractivity contribution in [3.8, 4) is 5.75 Å². The molecule has 1 aliphatic carbocycles. The quantitative estimate of drug-likeness (QED) is 0.362. The van der Waals surface area contributed by atoms with E-state index in [1.165, 1.54) is 11.1 Å². The Morgan fingerprint density at radius 3 is 2.60 bits per heavy atom. The predicted octanol–water partition coefficient (Wildman–Crippen LogP) is 3.63. The van der Waals surface area contributed by atoms with Crippen LogP contribution in [0.3, 0.4) is 0 Å². The third-order valence-electron chi connectivity index (χ3n) is 6.17. The van der Waals surface area contributed by atoms with Crippen LogP contribution in [-0.2, 0) is 4.79 Å². The molecule has 166 valence electrons. The molecule has 1 aliphatic heterocycles. The Morgan fingerprint density at radius 1 is 1.30 bits per heavy atom. The van der Waals surface area contributed by atoms with Gasteiger partial charge in [-0.2, -0.15) is 0 Å². The van der Waals surface area contributed by atoms with Gasteiger partial charge >= 0.3 is 0 Å². The molecule has 0 saturated heterocycles. The van der Waals surface area contributed by atoms with E-state index in [9.17, 15) is 4.79 Å². The van der Waals surface area contributed by atoms with Gasteiger partial charge in [0.25, 0.3) is 0 Å². The SMILES string of the molecule is CN=C(NCC1(C(=O)N(C)C)CCCC1)N1CC=C(c2cccc(OC)c2)CC1.I. The number of rotatable bonds is 5. The Hall–Kier alpha value is -1.77. The summed E-state index contributed by atoms with van der Waals surface area (Å²) in [6.45, 7) is 2.36. The summed E-state index contributed by atoms with van der Waals surface area (Å²) in [5.74, 6) is 2.00. The lowest BCUT2D eigenvalue weighted by atomic mass is 9.84. The average molecular weight is 526 g/mol. The van der Waals surface area contributed by atoms with E-state index in [1.807, 2.05) is 33.3 Å². The maximum Gasteiger partial charge on any atom is 0.230 e. The molecular weight excluding hydrogens is 491 g/mol. The molecule has 3 rings (SSSR count). The first kappa shape index (κ1) is 24.5. The highest BCUT2D eigenvalue weighted by Crippen LogP contribution is 2.39. The molecule has 1 heterocycles. The lowest BCUT2D eigenvalue weighted by Gasteiger charge is -2.34. The number of hydrogen-bond acceptors (Lipinski definition) is 3. The number of nitrogens with one attached hydrogen (secondary N) is 1. The minimum absolute atomic E-state index is 0. The first-order valence-corrected chi connectivity index (χ1v) is 10.5. The fourth-order valence-electron chi connectivity index (χ4n) is 4.52. The molecule has 0 bridgehead atoms. The molecule has 1 N–H and O–H groups in total. The Morgan fingerprint density at radius 2 is 2.03 bits per heavy atom. The van der Waals surface area contributed by atoms with Gasteiger partial charge in [0.1, 0.15) is 5.75 Å². The first-order chi connectivity index (χ1) is 14.0. The largest absolute Gasteiger partial charge is 0.497 e. The summed E-state index contributed by atoms with van der Waals surface area (Å²) < 4.78 is 5.35. The van der Waals surface area contributed by atoms with Crippen molar-refractivity contribution in [2.45, 2.75) is 32.1 Å². The number of carbonyl (C=O) groups is 1. The first-order valence-electron chi connectivity index (χ1n) is 10.5. The molecule has 1 aromatic carbocycles. The Kier molecular flexibility index (Phi) is 9.00. The zero-order valence-electron chi connectivity index (χ0n) is 18.6. The van der Waals surface area contributed by atoms with Gasteiger partial charge in [0, 0.05) is 40.8 Å². The summed E-state index contributed by atoms with van der Waals surface area (Å²) in [5.41, 5.74) is 2.26. The van der Waals surface area contributed by atoms with Gasteiger partial charge in [-0.25, -0.2) is 0 Å². The van der Waals surface area contributed by atoms with Gasteiger partial charge in [0.2, 0.25) is 5.91 Å². The van der Waals surface area contributed by atoms with Gasteiger partial charge in [-0.15, -0.1) is 24.0 Å². The van der Waals surface area contributed by atoms with E-state index in [0.29, 0.717) is 6.54 Å². The topological polar surface area (TPSA) is 57.2 Å². The van der Waals surface area contributed by atoms with E-state index in [2.05, 4.69) is 33.4 Å². The van der Waals surface area contributed by atoms with Crippen molar-refractivity contribution in [2.75, 3.05) is 47.9 Å². The summed E-state index contributed by atoms with van der Waals surface area (Å²) in [4.78, 5) is 21.3. The van der Waals surface area contributed by atoms with E-state index in [4.69, 9.17) is 4.74 Å². The van der Waals surface area contributed by atoms with Gasteiger partial charge in [-0.3, -0.25) is 9.79 Å². The molecule has 6 nitrogen and oxygen atoms in total. The summed E-state index contributed by atoms with van der Waals surface area (Å²) in [5, 5.41) is 3.51. The van der Waals surface area contributed by atoms with Crippen LogP contribution < -0.4 is 10.1 Å². The molecule has 7 heteroatoms. The number of guanidine groups is 1. The molecule has 0 unspecified atom stereocenters. The van der Waals surface area contributed by atoms with Gasteiger partial charge in [-0.05, 0) is 42.5 Å². The van der Waals surface area contributed by atoms with Crippen LogP contribution in [0.15, 0.2) is 35.3 Å². The molecule has 0 aromatic heterocycles. The maximum absolute atomic E-state index is 12.8. The van der Waals surface area contributed by atoms with Crippen LogP contribution in [0.25, 0.3) is 5.57 Å². The van der Waals surface area contributed by atoms with Crippen LogP contribution in [-0.4, -0.2) is 69.6 Å². The zero-order valence-corrected chi connectivity index (χ0v) is 20.9. The molecule has 1 fully saturated rings. The number of ether oxygens (including phenoxy) is 1. The number of nitrogens with zero attached hydrogens (tertiary/aromatic N) is 3. The minimum Gasteiger partial charge on any atom is -0.497 e. The second-order valence-corrected chi connectivity index (χ2v) is 8.25. The molecular formula is C23H35IN4O2. The lowest BCUT2D eigenvalue weighted by Crippen LogP contribution is -2.50. The van der Waals surface area contributed by atoms with Crippen molar-refractivity contribution in [2.24, 2.45) is 10.4 Å². The lowest BCUT2D eigenvalue weighted by molar-refractivity contribution is -0.138. The normalized spacial score (nSPS) is 18.3. The summed E-state index contributed by atoms with van der Waals surface area (Å²) >= 11 is 0. The van der Waals surface area contributed by atoms with Crippen LogP contribution in [0.1, 0.15) is 37.7 Å². The Labute approximate surface area is 197 Å². The van der Waals surface area contributed by atoms with E-state index < -0.39 is 0 Å². The van der Waals surface area contributed by atoms with Gasteiger partial charge in [-0.1, -0.05) is 31.1 Å². The zero-order chi connectivity index (χ0) is 20.9. The van der Waals surface area contributed by atoms with Crippen LogP contribution >= 0.6 is 24.0 Å². The Bertz CT molecular complexity index is 785. The second kappa shape index (κ2) is 11.0. The molecule has 1 amide bonds. The van der Waals surface area contributed by atoms with Gasteiger partial charge in [0.15, 0.2) is 5.96 Å². The monoisotopic (exact) mass is 526 g/mol. The molecule has 0 spiro atoms. The molecule has 2 aliphatic rings. The number of hydrogen-bond donors (Lipinski definition) is 1. The number of amides is 1. The number of aliphatic imine (C=N–C) groups is 1. The van der Waals surface area contributed by atoms with E-state index >= 15 is 0 Å². The standard InChI is InChI=1S/C23H34N4O2.HI/c1-24-22(25-17-23(12-5-6-13-23)21(28)26(2)3)27-14-10-18(11-15-27)19-8-7-9-20(16-19)29-4;/h7-10,16H,5-6,11-15,17H2,1-4H3,(H,24,25);1H. The average Bonchev–Trinajstić information content (AvgIpc) is 3.24. The fraction of sp³-hybridized carbons (Fsp3) is 0.565. The van der Waals surface area contributed by atoms with Crippen LogP contribution in [0.2, 0.25) is 0 Å². The molecule has 30 heavy (non-hydrogen) atoms. The molecule has 1 saturated carbocycles. The summed E-state index contributed by atoms with van der Waals surface area (Å²) in [7, 11) is 7.22. The van der Waals surface area contributed by atoms with E-state index in [1.54, 1.807) is 12.0 Å². The third kappa shape index (κ3) is 5.47. The number of halogens is 1. The second-order valence-electron chi connectivity index (χ2n) is 8.25. The summed E-state index contributed by atoms with van der Waals surface area (Å²) in [6.07, 6.45) is 7.37. The molecule has 1 aromatic rings. The van der Waals surface area contributed by atoms with Gasteiger partial charge < -0.3 is 19.9 Å². The minimum atomic E-state index is -0.295. The van der Waals surface area contributed by atoms with Crippen molar-refractivity contribution < 1.29 is 9.53 Å². The van der Waals surface area contributed by atoms with Crippen molar-refractivity contribution in [1.29, 1.82) is 0 Å². The predicted molar refractivity (Wildman–Crippen MR) is 134 cm³/mol. The third-order valence-corrected chi connectivity index (χ3v) is 6.17. The van der Waals surface area contributed by atoms with Crippen LogP contribution in [0.5, 0.6) is 5.75 Å².